The summed E-state index contributed by atoms with van der Waals surface area (Å²) >= 11 is 12.9. The molecule has 0 radical (unpaired) electrons. The van der Waals surface area contributed by atoms with Gasteiger partial charge in [-0.15, -0.1) is 11.8 Å². The van der Waals surface area contributed by atoms with Crippen LogP contribution in [0.3, 0.4) is 0 Å². The standard InChI is InChI=1S/C24H24ClN3O3S2/c1-15(23(29)27-20-13-16(25)11-12-22(20)31-3)33-18-8-6-7-17(14-18)26-24(32)28-19-9-4-5-10-21(19)30-2/h4-15H,1-3H3,(H,27,29)(H2,26,28,32). The average molecular weight is 502 g/mol. The molecule has 0 aromatic heterocycles. The highest BCUT2D eigenvalue weighted by molar-refractivity contribution is 8.00. The Hall–Kier alpha value is -2.94. The molecule has 1 amide bonds. The largest absolute Gasteiger partial charge is 0.495 e. The van der Waals surface area contributed by atoms with Crippen LogP contribution >= 0.6 is 35.6 Å². The van der Waals surface area contributed by atoms with E-state index >= 15 is 0 Å². The molecule has 0 aliphatic rings. The number of para-hydroxylation sites is 2. The fourth-order valence-corrected chi connectivity index (χ4v) is 4.28. The van der Waals surface area contributed by atoms with Crippen LogP contribution in [0.15, 0.2) is 71.6 Å². The molecular formula is C24H24ClN3O3S2. The summed E-state index contributed by atoms with van der Waals surface area (Å²) < 4.78 is 10.6. The third kappa shape index (κ3) is 7.02. The van der Waals surface area contributed by atoms with E-state index in [1.54, 1.807) is 32.4 Å². The van der Waals surface area contributed by atoms with Crippen molar-refractivity contribution in [3.63, 3.8) is 0 Å². The maximum atomic E-state index is 12.7. The summed E-state index contributed by atoms with van der Waals surface area (Å²) in [5.74, 6) is 1.08. The number of anilines is 3. The molecule has 0 bridgehead atoms. The number of methoxy groups -OCH3 is 2. The number of thiocarbonyl (C=S) groups is 1. The van der Waals surface area contributed by atoms with Crippen molar-refractivity contribution in [3.05, 3.63) is 71.8 Å². The van der Waals surface area contributed by atoms with E-state index in [1.165, 1.54) is 11.8 Å². The number of thioether (sulfide) groups is 1. The number of hydrogen-bond acceptors (Lipinski definition) is 5. The van der Waals surface area contributed by atoms with Crippen LogP contribution in [0.1, 0.15) is 6.92 Å². The van der Waals surface area contributed by atoms with Crippen molar-refractivity contribution in [2.45, 2.75) is 17.1 Å². The smallest absolute Gasteiger partial charge is 0.237 e. The summed E-state index contributed by atoms with van der Waals surface area (Å²) in [6.07, 6.45) is 0. The number of carbonyl (C=O) groups is 1. The van der Waals surface area contributed by atoms with Crippen LogP contribution in [-0.4, -0.2) is 30.5 Å². The number of halogens is 1. The Morgan fingerprint density at radius 2 is 1.64 bits per heavy atom. The molecule has 3 aromatic carbocycles. The van der Waals surface area contributed by atoms with Crippen LogP contribution in [-0.2, 0) is 4.79 Å². The van der Waals surface area contributed by atoms with Gasteiger partial charge in [-0.25, -0.2) is 0 Å². The van der Waals surface area contributed by atoms with Crippen LogP contribution in [0.2, 0.25) is 5.02 Å². The lowest BCUT2D eigenvalue weighted by molar-refractivity contribution is -0.115. The van der Waals surface area contributed by atoms with Crippen LogP contribution in [0.5, 0.6) is 11.5 Å². The van der Waals surface area contributed by atoms with E-state index in [9.17, 15) is 4.79 Å². The summed E-state index contributed by atoms with van der Waals surface area (Å²) in [5.41, 5.74) is 2.10. The molecule has 0 saturated heterocycles. The zero-order chi connectivity index (χ0) is 23.8. The Morgan fingerprint density at radius 1 is 0.909 bits per heavy atom. The molecule has 0 aliphatic heterocycles. The molecule has 172 valence electrons. The normalized spacial score (nSPS) is 11.3. The highest BCUT2D eigenvalue weighted by Gasteiger charge is 2.17. The fourth-order valence-electron chi connectivity index (χ4n) is 2.95. The number of ether oxygens (including phenoxy) is 2. The third-order valence-corrected chi connectivity index (χ3v) is 6.08. The zero-order valence-electron chi connectivity index (χ0n) is 18.3. The first-order chi connectivity index (χ1) is 15.9. The number of hydrogen-bond donors (Lipinski definition) is 3. The number of benzene rings is 3. The van der Waals surface area contributed by atoms with Gasteiger partial charge in [-0.05, 0) is 67.7 Å². The second-order valence-electron chi connectivity index (χ2n) is 6.90. The maximum Gasteiger partial charge on any atom is 0.237 e. The summed E-state index contributed by atoms with van der Waals surface area (Å²) in [6.45, 7) is 1.84. The van der Waals surface area contributed by atoms with E-state index in [-0.39, 0.29) is 11.2 Å². The molecule has 0 heterocycles. The highest BCUT2D eigenvalue weighted by atomic mass is 35.5. The molecule has 3 N–H and O–H groups in total. The van der Waals surface area contributed by atoms with E-state index in [4.69, 9.17) is 33.3 Å². The van der Waals surface area contributed by atoms with Crippen molar-refractivity contribution < 1.29 is 14.3 Å². The first-order valence-electron chi connectivity index (χ1n) is 10.0. The Kier molecular flexibility index (Phi) is 8.82. The second-order valence-corrected chi connectivity index (χ2v) is 9.16. The summed E-state index contributed by atoms with van der Waals surface area (Å²) in [6, 6.07) is 20.3. The number of nitrogens with one attached hydrogen (secondary N) is 3. The molecule has 0 aliphatic carbocycles. The lowest BCUT2D eigenvalue weighted by Gasteiger charge is -2.16. The van der Waals surface area contributed by atoms with Crippen molar-refractivity contribution in [1.82, 2.24) is 0 Å². The van der Waals surface area contributed by atoms with E-state index in [2.05, 4.69) is 16.0 Å². The van der Waals surface area contributed by atoms with Gasteiger partial charge in [-0.2, -0.15) is 0 Å². The van der Waals surface area contributed by atoms with Gasteiger partial charge in [0.05, 0.1) is 30.8 Å². The Bertz CT molecular complexity index is 1140. The molecule has 0 fully saturated rings. The van der Waals surface area contributed by atoms with Crippen molar-refractivity contribution in [2.75, 3.05) is 30.2 Å². The predicted molar refractivity (Wildman–Crippen MR) is 141 cm³/mol. The van der Waals surface area contributed by atoms with Gasteiger partial charge >= 0.3 is 0 Å². The van der Waals surface area contributed by atoms with E-state index in [0.29, 0.717) is 27.3 Å². The van der Waals surface area contributed by atoms with E-state index in [1.807, 2.05) is 55.5 Å². The highest BCUT2D eigenvalue weighted by Crippen LogP contribution is 2.31. The number of amides is 1. The van der Waals surface area contributed by atoms with Crippen molar-refractivity contribution in [2.24, 2.45) is 0 Å². The van der Waals surface area contributed by atoms with Gasteiger partial charge in [0.25, 0.3) is 0 Å². The third-order valence-electron chi connectivity index (χ3n) is 4.55. The Labute approximate surface area is 208 Å². The van der Waals surface area contributed by atoms with Gasteiger partial charge in [-0.3, -0.25) is 4.79 Å². The Morgan fingerprint density at radius 3 is 2.39 bits per heavy atom. The number of rotatable bonds is 8. The van der Waals surface area contributed by atoms with Crippen LogP contribution in [0.25, 0.3) is 0 Å². The van der Waals surface area contributed by atoms with Gasteiger partial charge in [0.15, 0.2) is 5.11 Å². The lowest BCUT2D eigenvalue weighted by atomic mass is 10.3. The summed E-state index contributed by atoms with van der Waals surface area (Å²) in [5, 5.41) is 9.77. The second kappa shape index (κ2) is 11.8. The van der Waals surface area contributed by atoms with Crippen LogP contribution < -0.4 is 25.4 Å². The minimum atomic E-state index is -0.359. The van der Waals surface area contributed by atoms with Crippen molar-refractivity contribution >= 4 is 63.7 Å². The maximum absolute atomic E-state index is 12.7. The Balaban J connectivity index is 1.61. The van der Waals surface area contributed by atoms with Gasteiger partial charge in [-0.1, -0.05) is 29.8 Å². The predicted octanol–water partition coefficient (Wildman–Crippen LogP) is 6.29. The minimum absolute atomic E-state index is 0.160. The molecule has 33 heavy (non-hydrogen) atoms. The first kappa shape index (κ1) is 24.7. The van der Waals surface area contributed by atoms with Crippen LogP contribution in [0, 0.1) is 0 Å². The molecule has 0 saturated carbocycles. The molecule has 6 nitrogen and oxygen atoms in total. The average Bonchev–Trinajstić information content (AvgIpc) is 2.79. The number of carbonyl (C=O) groups excluding carboxylic acids is 1. The van der Waals surface area contributed by atoms with Gasteiger partial charge in [0.1, 0.15) is 11.5 Å². The van der Waals surface area contributed by atoms with Crippen molar-refractivity contribution in [3.8, 4) is 11.5 Å². The molecule has 9 heteroatoms. The molecule has 1 atom stereocenters. The summed E-state index contributed by atoms with van der Waals surface area (Å²) in [7, 11) is 3.15. The zero-order valence-corrected chi connectivity index (χ0v) is 20.7. The van der Waals surface area contributed by atoms with Gasteiger partial charge < -0.3 is 25.4 Å². The molecular weight excluding hydrogens is 478 g/mol. The van der Waals surface area contributed by atoms with Crippen LogP contribution in [0.4, 0.5) is 17.1 Å². The molecule has 0 spiro atoms. The molecule has 1 unspecified atom stereocenters. The fraction of sp³-hybridized carbons (Fsp3) is 0.167. The molecule has 3 aromatic rings. The first-order valence-corrected chi connectivity index (χ1v) is 11.7. The lowest BCUT2D eigenvalue weighted by Crippen LogP contribution is -2.22. The topological polar surface area (TPSA) is 71.6 Å². The van der Waals surface area contributed by atoms with Crippen molar-refractivity contribution in [1.29, 1.82) is 0 Å². The van der Waals surface area contributed by atoms with E-state index in [0.717, 1.165) is 16.3 Å². The molecule has 3 rings (SSSR count). The van der Waals surface area contributed by atoms with E-state index < -0.39 is 0 Å². The monoisotopic (exact) mass is 501 g/mol. The summed E-state index contributed by atoms with van der Waals surface area (Å²) in [4.78, 5) is 13.7. The minimum Gasteiger partial charge on any atom is -0.495 e. The SMILES string of the molecule is COc1ccc(Cl)cc1NC(=O)C(C)Sc1cccc(NC(=S)Nc2ccccc2OC)c1. The quantitative estimate of drug-likeness (QED) is 0.247. The van der Waals surface area contributed by atoms with Gasteiger partial charge in [0, 0.05) is 15.6 Å². The van der Waals surface area contributed by atoms with Gasteiger partial charge in [0.2, 0.25) is 5.91 Å².